The van der Waals surface area contributed by atoms with Crippen molar-refractivity contribution in [3.8, 4) is 11.6 Å². The number of amides is 2. The number of ether oxygens (including phenoxy) is 1. The van der Waals surface area contributed by atoms with Gasteiger partial charge in [0.1, 0.15) is 0 Å². The molecule has 1 fully saturated rings. The second-order valence-corrected chi connectivity index (χ2v) is 6.40. The molecule has 1 aliphatic heterocycles. The zero-order valence-corrected chi connectivity index (χ0v) is 15.0. The van der Waals surface area contributed by atoms with Crippen LogP contribution in [0.1, 0.15) is 31.4 Å². The highest BCUT2D eigenvalue weighted by molar-refractivity contribution is 5.83. The summed E-state index contributed by atoms with van der Waals surface area (Å²) in [5.41, 5.74) is 0.695. The number of carbonyl (C=O) groups is 2. The molecule has 0 spiro atoms. The number of nitrogens with zero attached hydrogens (tertiary/aromatic N) is 3. The topological polar surface area (TPSA) is 84.4 Å². The number of aromatic nitrogens is 2. The third kappa shape index (κ3) is 4.99. The Morgan fingerprint density at radius 2 is 2.15 bits per heavy atom. The van der Waals surface area contributed by atoms with Gasteiger partial charge in [-0.2, -0.15) is 0 Å². The van der Waals surface area contributed by atoms with E-state index < -0.39 is 5.82 Å². The van der Waals surface area contributed by atoms with Gasteiger partial charge in [-0.15, -0.1) is 0 Å². The van der Waals surface area contributed by atoms with Crippen LogP contribution in [-0.2, 0) is 9.59 Å². The van der Waals surface area contributed by atoms with Gasteiger partial charge in [0, 0.05) is 32.1 Å². The minimum absolute atomic E-state index is 0.00976. The van der Waals surface area contributed by atoms with Gasteiger partial charge in [0.2, 0.25) is 17.7 Å². The van der Waals surface area contributed by atoms with Gasteiger partial charge in [0.15, 0.2) is 11.6 Å². The van der Waals surface area contributed by atoms with Crippen LogP contribution in [0.3, 0.4) is 0 Å². The highest BCUT2D eigenvalue weighted by Gasteiger charge is 2.26. The van der Waals surface area contributed by atoms with Crippen molar-refractivity contribution < 1.29 is 18.7 Å². The highest BCUT2D eigenvalue weighted by Crippen LogP contribution is 2.28. The number of nitrogens with one attached hydrogen (secondary N) is 1. The first-order valence-electron chi connectivity index (χ1n) is 8.79. The Labute approximate surface area is 156 Å². The number of likely N-dealkylation sites (tertiary alicyclic amines) is 1. The van der Waals surface area contributed by atoms with Gasteiger partial charge in [0.05, 0.1) is 18.4 Å². The maximum atomic E-state index is 13.8. The molecule has 7 nitrogen and oxygen atoms in total. The van der Waals surface area contributed by atoms with Crippen molar-refractivity contribution in [1.29, 1.82) is 0 Å². The van der Waals surface area contributed by atoms with Gasteiger partial charge in [-0.3, -0.25) is 14.6 Å². The van der Waals surface area contributed by atoms with Gasteiger partial charge in [-0.1, -0.05) is 12.1 Å². The molecule has 27 heavy (non-hydrogen) atoms. The first-order valence-corrected chi connectivity index (χ1v) is 8.79. The summed E-state index contributed by atoms with van der Waals surface area (Å²) in [6, 6.07) is 6.09. The van der Waals surface area contributed by atoms with Crippen LogP contribution in [0.5, 0.6) is 11.6 Å². The number of benzene rings is 1. The molecule has 8 heteroatoms. The van der Waals surface area contributed by atoms with Crippen molar-refractivity contribution in [2.24, 2.45) is 0 Å². The third-order valence-corrected chi connectivity index (χ3v) is 4.36. The minimum atomic E-state index is -0.475. The third-order valence-electron chi connectivity index (χ3n) is 4.36. The van der Waals surface area contributed by atoms with Crippen molar-refractivity contribution in [2.75, 3.05) is 19.6 Å². The fraction of sp³-hybridized carbons (Fsp3) is 0.368. The number of carbonyl (C=O) groups excluding carboxylic acids is 2. The first-order chi connectivity index (χ1) is 13.0. The minimum Gasteiger partial charge on any atom is -0.434 e. The van der Waals surface area contributed by atoms with E-state index in [2.05, 4.69) is 15.3 Å². The molecule has 1 N–H and O–H groups in total. The molecule has 2 aromatic rings. The van der Waals surface area contributed by atoms with E-state index in [-0.39, 0.29) is 35.9 Å². The monoisotopic (exact) mass is 372 g/mol. The number of hydrogen-bond donors (Lipinski definition) is 1. The van der Waals surface area contributed by atoms with E-state index in [0.29, 0.717) is 18.8 Å². The SMILES string of the molecule is CC(=O)NCC(=O)N1CCCC(c2cncc(Oc3ccccc3F)n2)C1. The molecule has 0 aliphatic carbocycles. The number of halogens is 1. The lowest BCUT2D eigenvalue weighted by Gasteiger charge is -2.32. The van der Waals surface area contributed by atoms with Crippen molar-refractivity contribution in [2.45, 2.75) is 25.7 Å². The number of piperidine rings is 1. The van der Waals surface area contributed by atoms with E-state index in [1.54, 1.807) is 23.2 Å². The Kier molecular flexibility index (Phi) is 5.95. The van der Waals surface area contributed by atoms with Crippen molar-refractivity contribution in [3.63, 3.8) is 0 Å². The molecule has 142 valence electrons. The van der Waals surface area contributed by atoms with Gasteiger partial charge in [0.25, 0.3) is 0 Å². The molecule has 0 radical (unpaired) electrons. The molecule has 1 aromatic heterocycles. The van der Waals surface area contributed by atoms with Crippen LogP contribution in [0.15, 0.2) is 36.7 Å². The summed E-state index contributed by atoms with van der Waals surface area (Å²) in [6.45, 7) is 2.51. The molecule has 1 aromatic carbocycles. The van der Waals surface area contributed by atoms with E-state index in [0.717, 1.165) is 12.8 Å². The Morgan fingerprint density at radius 3 is 2.93 bits per heavy atom. The largest absolute Gasteiger partial charge is 0.434 e. The normalized spacial score (nSPS) is 16.7. The predicted molar refractivity (Wildman–Crippen MR) is 95.7 cm³/mol. The molecule has 3 rings (SSSR count). The summed E-state index contributed by atoms with van der Waals surface area (Å²) in [5.74, 6) is -0.532. The van der Waals surface area contributed by atoms with Crippen molar-refractivity contribution in [1.82, 2.24) is 20.2 Å². The quantitative estimate of drug-likeness (QED) is 0.870. The van der Waals surface area contributed by atoms with Crippen LogP contribution in [0.2, 0.25) is 0 Å². The fourth-order valence-corrected chi connectivity index (χ4v) is 3.01. The number of para-hydroxylation sites is 1. The Bertz CT molecular complexity index is 830. The molecule has 0 saturated carbocycles. The van der Waals surface area contributed by atoms with Crippen LogP contribution in [0.4, 0.5) is 4.39 Å². The summed E-state index contributed by atoms with van der Waals surface area (Å²) < 4.78 is 19.3. The molecule has 1 saturated heterocycles. The Morgan fingerprint density at radius 1 is 1.33 bits per heavy atom. The second kappa shape index (κ2) is 8.57. The lowest BCUT2D eigenvalue weighted by molar-refractivity contribution is -0.133. The van der Waals surface area contributed by atoms with Crippen molar-refractivity contribution >= 4 is 11.8 Å². The Balaban J connectivity index is 1.68. The standard InChI is InChI=1S/C19H21FN4O3/c1-13(25)22-11-19(26)24-8-4-5-14(12-24)16-9-21-10-18(23-16)27-17-7-3-2-6-15(17)20/h2-3,6-7,9-10,14H,4-5,8,11-12H2,1H3,(H,22,25). The van der Waals surface area contributed by atoms with Crippen molar-refractivity contribution in [3.05, 3.63) is 48.2 Å². The molecule has 1 aliphatic rings. The molecule has 1 unspecified atom stereocenters. The maximum Gasteiger partial charge on any atom is 0.241 e. The van der Waals surface area contributed by atoms with E-state index in [1.165, 1.54) is 25.3 Å². The maximum absolute atomic E-state index is 13.8. The van der Waals surface area contributed by atoms with Gasteiger partial charge in [-0.05, 0) is 25.0 Å². The summed E-state index contributed by atoms with van der Waals surface area (Å²) >= 11 is 0. The summed E-state index contributed by atoms with van der Waals surface area (Å²) in [4.78, 5) is 33.5. The van der Waals surface area contributed by atoms with E-state index in [9.17, 15) is 14.0 Å². The van der Waals surface area contributed by atoms with Crippen LogP contribution >= 0.6 is 0 Å². The molecule has 2 amide bonds. The highest BCUT2D eigenvalue weighted by atomic mass is 19.1. The lowest BCUT2D eigenvalue weighted by atomic mass is 9.95. The van der Waals surface area contributed by atoms with Gasteiger partial charge in [-0.25, -0.2) is 9.37 Å². The molecular formula is C19H21FN4O3. The average molecular weight is 372 g/mol. The zero-order chi connectivity index (χ0) is 19.2. The smallest absolute Gasteiger partial charge is 0.241 e. The Hall–Kier alpha value is -3.03. The number of rotatable bonds is 5. The molecule has 1 atom stereocenters. The van der Waals surface area contributed by atoms with Gasteiger partial charge >= 0.3 is 0 Å². The van der Waals surface area contributed by atoms with Crippen LogP contribution in [-0.4, -0.2) is 46.3 Å². The summed E-state index contributed by atoms with van der Waals surface area (Å²) in [6.07, 6.45) is 4.76. The van der Waals surface area contributed by atoms with E-state index in [1.807, 2.05) is 0 Å². The van der Waals surface area contributed by atoms with E-state index in [4.69, 9.17) is 4.74 Å². The van der Waals surface area contributed by atoms with Gasteiger partial charge < -0.3 is 15.0 Å². The lowest BCUT2D eigenvalue weighted by Crippen LogP contribution is -2.44. The molecule has 2 heterocycles. The molecule has 0 bridgehead atoms. The van der Waals surface area contributed by atoms with Crippen LogP contribution < -0.4 is 10.1 Å². The predicted octanol–water partition coefficient (Wildman–Crippen LogP) is 2.25. The summed E-state index contributed by atoms with van der Waals surface area (Å²) in [5, 5.41) is 2.53. The fourth-order valence-electron chi connectivity index (χ4n) is 3.01. The second-order valence-electron chi connectivity index (χ2n) is 6.40. The first kappa shape index (κ1) is 18.8. The zero-order valence-electron chi connectivity index (χ0n) is 15.0. The average Bonchev–Trinajstić information content (AvgIpc) is 2.68. The molecular weight excluding hydrogens is 351 g/mol. The number of hydrogen-bond acceptors (Lipinski definition) is 5. The summed E-state index contributed by atoms with van der Waals surface area (Å²) in [7, 11) is 0. The van der Waals surface area contributed by atoms with Crippen LogP contribution in [0.25, 0.3) is 0 Å². The van der Waals surface area contributed by atoms with Crippen LogP contribution in [0, 0.1) is 5.82 Å². The van der Waals surface area contributed by atoms with E-state index >= 15 is 0 Å².